The molecular formula is C21H29N3O4. The van der Waals surface area contributed by atoms with Gasteiger partial charge < -0.3 is 14.8 Å². The number of hydrogen-bond acceptors (Lipinski definition) is 5. The number of pyridine rings is 1. The van der Waals surface area contributed by atoms with E-state index in [1.54, 1.807) is 11.4 Å². The Morgan fingerprint density at radius 1 is 1.36 bits per heavy atom. The van der Waals surface area contributed by atoms with Crippen molar-refractivity contribution in [3.8, 4) is 0 Å². The lowest BCUT2D eigenvalue weighted by molar-refractivity contribution is 0.0517. The van der Waals surface area contributed by atoms with Gasteiger partial charge in [-0.15, -0.1) is 0 Å². The SMILES string of the molecule is CCOC(=O)c1c(C)nn2ccc3c(c12)[C@H](CCNC(=O)OC(C)(C)C)CC3. The van der Waals surface area contributed by atoms with E-state index < -0.39 is 11.7 Å². The standard InChI is InChI=1S/C21H29N3O4/c1-6-27-19(25)16-13(2)23-24-12-10-15-8-7-14(17(15)18(16)24)9-11-22-20(26)28-21(3,4)5/h10,12,14H,6-9,11H2,1-5H3,(H,22,26)/t14-/m0/s1. The number of carbonyl (C=O) groups is 2. The molecule has 0 aromatic carbocycles. The van der Waals surface area contributed by atoms with Gasteiger partial charge in [-0.25, -0.2) is 14.1 Å². The van der Waals surface area contributed by atoms with Gasteiger partial charge in [0.05, 0.1) is 17.8 Å². The maximum atomic E-state index is 12.5. The third kappa shape index (κ3) is 4.13. The van der Waals surface area contributed by atoms with E-state index in [4.69, 9.17) is 9.47 Å². The van der Waals surface area contributed by atoms with E-state index in [-0.39, 0.29) is 11.9 Å². The van der Waals surface area contributed by atoms with Gasteiger partial charge in [-0.3, -0.25) is 0 Å². The average molecular weight is 387 g/mol. The van der Waals surface area contributed by atoms with Crippen LogP contribution < -0.4 is 5.32 Å². The number of aryl methyl sites for hydroxylation is 2. The second kappa shape index (κ2) is 7.81. The number of aromatic nitrogens is 2. The number of alkyl carbamates (subject to hydrolysis) is 1. The minimum atomic E-state index is -0.514. The molecule has 1 N–H and O–H groups in total. The van der Waals surface area contributed by atoms with Crippen molar-refractivity contribution in [3.05, 3.63) is 34.6 Å². The third-order valence-corrected chi connectivity index (χ3v) is 4.91. The van der Waals surface area contributed by atoms with Crippen LogP contribution in [-0.4, -0.2) is 40.4 Å². The minimum Gasteiger partial charge on any atom is -0.462 e. The largest absolute Gasteiger partial charge is 0.462 e. The number of nitrogens with zero attached hydrogens (tertiary/aromatic N) is 2. The van der Waals surface area contributed by atoms with Gasteiger partial charge in [0.25, 0.3) is 0 Å². The number of carbonyl (C=O) groups excluding carboxylic acids is 2. The van der Waals surface area contributed by atoms with Crippen molar-refractivity contribution < 1.29 is 19.1 Å². The summed E-state index contributed by atoms with van der Waals surface area (Å²) in [5, 5.41) is 7.34. The molecule has 2 aromatic heterocycles. The molecule has 152 valence electrons. The number of ether oxygens (including phenoxy) is 2. The van der Waals surface area contributed by atoms with E-state index in [9.17, 15) is 9.59 Å². The van der Waals surface area contributed by atoms with E-state index in [0.717, 1.165) is 30.3 Å². The summed E-state index contributed by atoms with van der Waals surface area (Å²) < 4.78 is 12.3. The summed E-state index contributed by atoms with van der Waals surface area (Å²) in [6.07, 6.45) is 4.22. The highest BCUT2D eigenvalue weighted by atomic mass is 16.6. The molecule has 2 heterocycles. The highest BCUT2D eigenvalue weighted by Crippen LogP contribution is 2.39. The first kappa shape index (κ1) is 20.2. The number of hydrogen-bond donors (Lipinski definition) is 1. The molecule has 1 aliphatic rings. The quantitative estimate of drug-likeness (QED) is 0.790. The van der Waals surface area contributed by atoms with Crippen molar-refractivity contribution >= 4 is 17.6 Å². The molecule has 0 saturated heterocycles. The first-order valence-corrected chi connectivity index (χ1v) is 9.86. The minimum absolute atomic E-state index is 0.248. The molecule has 28 heavy (non-hydrogen) atoms. The van der Waals surface area contributed by atoms with Crippen molar-refractivity contribution in [1.82, 2.24) is 14.9 Å². The van der Waals surface area contributed by atoms with E-state index in [1.807, 2.05) is 33.9 Å². The van der Waals surface area contributed by atoms with Crippen LogP contribution in [0.3, 0.4) is 0 Å². The van der Waals surface area contributed by atoms with Gasteiger partial charge in [0.2, 0.25) is 0 Å². The number of esters is 1. The van der Waals surface area contributed by atoms with Crippen molar-refractivity contribution in [1.29, 1.82) is 0 Å². The van der Waals surface area contributed by atoms with Gasteiger partial charge in [0.1, 0.15) is 11.2 Å². The van der Waals surface area contributed by atoms with Crippen LogP contribution in [0.1, 0.15) is 73.6 Å². The smallest absolute Gasteiger partial charge is 0.407 e. The van der Waals surface area contributed by atoms with Crippen LogP contribution in [0.4, 0.5) is 4.79 Å². The first-order valence-electron chi connectivity index (χ1n) is 9.86. The molecule has 0 spiro atoms. The highest BCUT2D eigenvalue weighted by molar-refractivity contribution is 5.99. The molecule has 7 nitrogen and oxygen atoms in total. The first-order chi connectivity index (χ1) is 13.2. The second-order valence-corrected chi connectivity index (χ2v) is 8.18. The monoisotopic (exact) mass is 387 g/mol. The van der Waals surface area contributed by atoms with Crippen LogP contribution in [0.5, 0.6) is 0 Å². The Balaban J connectivity index is 1.83. The van der Waals surface area contributed by atoms with Crippen LogP contribution in [0.2, 0.25) is 0 Å². The molecule has 0 fully saturated rings. The van der Waals surface area contributed by atoms with Gasteiger partial charge in [-0.1, -0.05) is 0 Å². The molecule has 2 aromatic rings. The zero-order valence-corrected chi connectivity index (χ0v) is 17.3. The fourth-order valence-corrected chi connectivity index (χ4v) is 3.86. The van der Waals surface area contributed by atoms with E-state index in [0.29, 0.717) is 24.4 Å². The Bertz CT molecular complexity index is 895. The van der Waals surface area contributed by atoms with Gasteiger partial charge in [-0.05, 0) is 77.0 Å². The Morgan fingerprint density at radius 3 is 2.79 bits per heavy atom. The molecular weight excluding hydrogens is 358 g/mol. The van der Waals surface area contributed by atoms with Crippen LogP contribution in [-0.2, 0) is 15.9 Å². The average Bonchev–Trinajstić information content (AvgIpc) is 3.13. The number of fused-ring (bicyclic) bond motifs is 3. The van der Waals surface area contributed by atoms with Gasteiger partial charge in [0, 0.05) is 12.7 Å². The van der Waals surface area contributed by atoms with E-state index >= 15 is 0 Å². The van der Waals surface area contributed by atoms with Crippen LogP contribution in [0.15, 0.2) is 12.3 Å². The summed E-state index contributed by atoms with van der Waals surface area (Å²) in [6, 6.07) is 2.07. The van der Waals surface area contributed by atoms with Gasteiger partial charge >= 0.3 is 12.1 Å². The maximum absolute atomic E-state index is 12.5. The summed E-state index contributed by atoms with van der Waals surface area (Å²) in [5.74, 6) is -0.0844. The van der Waals surface area contributed by atoms with Crippen LogP contribution in [0.25, 0.3) is 5.52 Å². The molecule has 3 rings (SSSR count). The normalized spacial score (nSPS) is 16.1. The van der Waals surface area contributed by atoms with E-state index in [2.05, 4.69) is 16.5 Å². The molecule has 0 radical (unpaired) electrons. The van der Waals surface area contributed by atoms with Crippen LogP contribution >= 0.6 is 0 Å². The topological polar surface area (TPSA) is 81.9 Å². The molecule has 0 bridgehead atoms. The molecule has 0 saturated carbocycles. The van der Waals surface area contributed by atoms with Gasteiger partial charge in [0.15, 0.2) is 0 Å². The Kier molecular flexibility index (Phi) is 5.63. The lowest BCUT2D eigenvalue weighted by atomic mass is 9.95. The summed E-state index contributed by atoms with van der Waals surface area (Å²) in [4.78, 5) is 24.4. The molecule has 0 unspecified atom stereocenters. The molecule has 1 amide bonds. The Labute approximate surface area is 165 Å². The van der Waals surface area contributed by atoms with Crippen molar-refractivity contribution in [2.75, 3.05) is 13.2 Å². The predicted octanol–water partition coefficient (Wildman–Crippen LogP) is 3.76. The zero-order valence-electron chi connectivity index (χ0n) is 17.3. The van der Waals surface area contributed by atoms with Gasteiger partial charge in [-0.2, -0.15) is 5.10 Å². The fraction of sp³-hybridized carbons (Fsp3) is 0.571. The lowest BCUT2D eigenvalue weighted by Crippen LogP contribution is -2.33. The number of rotatable bonds is 5. The molecule has 0 aliphatic heterocycles. The highest BCUT2D eigenvalue weighted by Gasteiger charge is 2.30. The number of nitrogens with one attached hydrogen (secondary N) is 1. The van der Waals surface area contributed by atoms with Crippen molar-refractivity contribution in [2.24, 2.45) is 0 Å². The Morgan fingerprint density at radius 2 is 2.11 bits per heavy atom. The lowest BCUT2D eigenvalue weighted by Gasteiger charge is -2.20. The second-order valence-electron chi connectivity index (χ2n) is 8.18. The molecule has 1 atom stereocenters. The Hall–Kier alpha value is -2.57. The molecule has 1 aliphatic carbocycles. The fourth-order valence-electron chi connectivity index (χ4n) is 3.86. The molecule has 7 heteroatoms. The third-order valence-electron chi connectivity index (χ3n) is 4.91. The van der Waals surface area contributed by atoms with E-state index in [1.165, 1.54) is 5.56 Å². The summed E-state index contributed by atoms with van der Waals surface area (Å²) in [5.41, 5.74) is 3.93. The van der Waals surface area contributed by atoms with Crippen molar-refractivity contribution in [2.45, 2.75) is 65.4 Å². The predicted molar refractivity (Wildman–Crippen MR) is 106 cm³/mol. The summed E-state index contributed by atoms with van der Waals surface area (Å²) in [7, 11) is 0. The maximum Gasteiger partial charge on any atom is 0.407 e. The summed E-state index contributed by atoms with van der Waals surface area (Å²) in [6.45, 7) is 10.0. The van der Waals surface area contributed by atoms with Crippen molar-refractivity contribution in [3.63, 3.8) is 0 Å². The number of amides is 1. The zero-order chi connectivity index (χ0) is 20.5. The summed E-state index contributed by atoms with van der Waals surface area (Å²) >= 11 is 0. The van der Waals surface area contributed by atoms with Crippen LogP contribution in [0, 0.1) is 6.92 Å².